The Morgan fingerprint density at radius 1 is 0.188 bits per heavy atom. The highest BCUT2D eigenvalue weighted by atomic mass is 16.8. The van der Waals surface area contributed by atoms with Gasteiger partial charge in [-0.1, -0.05) is 0 Å². The first-order chi connectivity index (χ1) is 54.8. The quantitative estimate of drug-likeness (QED) is 0.0446. The Hall–Kier alpha value is -11.2. The fraction of sp³-hybridized carbons (Fsp3) is 0.750. The van der Waals surface area contributed by atoms with Crippen LogP contribution in [0.25, 0.3) is 0 Å². The number of aliphatic hydroxyl groups excluding tert-OH is 1. The molecule has 9 atom stereocenters. The fourth-order valence-electron chi connectivity index (χ4n) is 8.24. The van der Waals surface area contributed by atoms with Crippen molar-refractivity contribution in [2.75, 3.05) is 178 Å². The van der Waals surface area contributed by atoms with Crippen LogP contribution in [0.5, 0.6) is 0 Å². The van der Waals surface area contributed by atoms with Crippen LogP contribution >= 0.6 is 0 Å². The molecule has 0 bridgehead atoms. The predicted octanol–water partition coefficient (Wildman–Crippen LogP) is 5.50. The Labute approximate surface area is 673 Å². The summed E-state index contributed by atoms with van der Waals surface area (Å²) in [4.78, 5) is 232. The molecule has 0 radical (unpaired) electrons. The number of aliphatic hydroxyl groups is 1. The molecule has 45 heteroatoms. The van der Waals surface area contributed by atoms with Crippen LogP contribution in [0.15, 0.2) is 0 Å². The molecule has 0 aromatic carbocycles. The van der Waals surface area contributed by atoms with Crippen LogP contribution in [0.3, 0.4) is 0 Å². The van der Waals surface area contributed by atoms with Crippen LogP contribution in [-0.4, -0.2) is 293 Å². The van der Waals surface area contributed by atoms with Crippen LogP contribution in [0.4, 0.5) is 38.4 Å². The van der Waals surface area contributed by atoms with Gasteiger partial charge in [-0.05, 0) is 125 Å². The summed E-state index contributed by atoms with van der Waals surface area (Å²) in [6, 6.07) is 0. The molecular formula is C72H110O45. The molecule has 0 spiro atoms. The van der Waals surface area contributed by atoms with E-state index in [1.165, 1.54) is 90.0 Å². The lowest BCUT2D eigenvalue weighted by Crippen LogP contribution is -2.43. The molecule has 668 valence electrons. The smallest absolute Gasteiger partial charge is 0.467 e. The van der Waals surface area contributed by atoms with Crippen molar-refractivity contribution in [3.63, 3.8) is 0 Å². The SMILES string of the molecule is CCOC(=O)C(C)(CO)COC(=O)OCC(C)(COC(=O)OCC(C)(COC(=O)OCC(C)(COC(=O)OCC(C)(COC(=O)OCC(C)(COC(=O)OCC(C)(COC(=O)OCC(C)(COC(=O)OCC(C)(COC=O)C(=O)OCC)C(=O)OCC)C(=O)OCC)C(=O)OCC)C(=O)OCC)C(=O)OCC)C(=O)OCC)C(=O)OCC. The summed E-state index contributed by atoms with van der Waals surface area (Å²) in [5.41, 5.74) is -17.5. The highest BCUT2D eigenvalue weighted by molar-refractivity contribution is 5.83. The molecule has 0 fully saturated rings. The van der Waals surface area contributed by atoms with Gasteiger partial charge in [-0.3, -0.25) is 47.9 Å². The molecule has 0 saturated carbocycles. The molecule has 0 aliphatic heterocycles. The standard InChI is InChI=1S/C72H110O45/c1-19-93-47(75)64(10,28-73)30-102-56(84)104-32-66(12,49(77)95-21-3)34-106-58(86)108-36-68(14,51(79)97-23-5)38-110-60(88)112-40-70(16,53(81)99-25-7)42-114-62(90)116-44-72(18,55(83)101-27-9)45-117-63(91)115-43-71(17,54(82)100-26-8)41-113-61(89)111-39-69(15,52(80)98-24-6)37-109-59(87)107-35-67(13,50(78)96-22-4)33-105-57(85)103-31-65(11,29-92-46-74)48(76)94-20-2/h46,73H,19-45H2,1-18H3. The first-order valence-electron chi connectivity index (χ1n) is 36.3. The first-order valence-corrected chi connectivity index (χ1v) is 36.3. The summed E-state index contributed by atoms with van der Waals surface area (Å²) in [6.07, 6.45) is -12.1. The molecule has 45 nitrogen and oxygen atoms in total. The van der Waals surface area contributed by atoms with Crippen molar-refractivity contribution in [1.29, 1.82) is 0 Å². The Morgan fingerprint density at radius 2 is 0.291 bits per heavy atom. The lowest BCUT2D eigenvalue weighted by atomic mass is 9.93. The van der Waals surface area contributed by atoms with E-state index >= 15 is 0 Å². The van der Waals surface area contributed by atoms with Crippen LogP contribution in [0.2, 0.25) is 0 Å². The maximum Gasteiger partial charge on any atom is 0.508 e. The minimum Gasteiger partial charge on any atom is -0.467 e. The van der Waals surface area contributed by atoms with Crippen molar-refractivity contribution in [1.82, 2.24) is 0 Å². The van der Waals surface area contributed by atoms with Crippen LogP contribution in [0, 0.1) is 48.7 Å². The van der Waals surface area contributed by atoms with Crippen molar-refractivity contribution in [3.8, 4) is 0 Å². The summed E-state index contributed by atoms with van der Waals surface area (Å²) in [7, 11) is 0. The maximum atomic E-state index is 13.3. The second-order valence-corrected chi connectivity index (χ2v) is 27.7. The molecule has 0 aromatic heterocycles. The fourth-order valence-corrected chi connectivity index (χ4v) is 8.24. The van der Waals surface area contributed by atoms with Gasteiger partial charge in [-0.25, -0.2) is 38.4 Å². The highest BCUT2D eigenvalue weighted by Gasteiger charge is 2.48. The van der Waals surface area contributed by atoms with Crippen molar-refractivity contribution >= 4 is 109 Å². The van der Waals surface area contributed by atoms with E-state index in [-0.39, 0.29) is 65.9 Å². The molecule has 0 amide bonds. The summed E-state index contributed by atoms with van der Waals surface area (Å²) in [5.74, 6) is -9.35. The van der Waals surface area contributed by atoms with Gasteiger partial charge in [0.2, 0.25) is 0 Å². The number of carbonyl (C=O) groups excluding carboxylic acids is 18. The zero-order valence-electron chi connectivity index (χ0n) is 69.1. The predicted molar refractivity (Wildman–Crippen MR) is 380 cm³/mol. The third-order valence-electron chi connectivity index (χ3n) is 15.9. The van der Waals surface area contributed by atoms with Gasteiger partial charge < -0.3 is 128 Å². The van der Waals surface area contributed by atoms with Gasteiger partial charge >= 0.3 is 103 Å². The van der Waals surface area contributed by atoms with E-state index < -0.39 is 271 Å². The van der Waals surface area contributed by atoms with E-state index in [9.17, 15) is 91.4 Å². The zero-order chi connectivity index (χ0) is 89.5. The Bertz CT molecular complexity index is 3300. The monoisotopic (exact) mass is 1690 g/mol. The zero-order valence-corrected chi connectivity index (χ0v) is 69.1. The molecular weight excluding hydrogens is 1580 g/mol. The minimum absolute atomic E-state index is 0.0393. The second kappa shape index (κ2) is 51.7. The number of hydrogen-bond acceptors (Lipinski definition) is 45. The van der Waals surface area contributed by atoms with E-state index in [4.69, 9.17) is 118 Å². The van der Waals surface area contributed by atoms with Gasteiger partial charge in [0, 0.05) is 0 Å². The summed E-state index contributed by atoms with van der Waals surface area (Å²) < 4.78 is 132. The minimum atomic E-state index is -2.08. The van der Waals surface area contributed by atoms with E-state index in [1.807, 2.05) is 0 Å². The largest absolute Gasteiger partial charge is 0.508 e. The van der Waals surface area contributed by atoms with Gasteiger partial charge in [-0.15, -0.1) is 0 Å². The Balaban J connectivity index is 6.11. The van der Waals surface area contributed by atoms with Gasteiger partial charge in [-0.2, -0.15) is 0 Å². The molecule has 0 heterocycles. The number of hydrogen-bond donors (Lipinski definition) is 1. The van der Waals surface area contributed by atoms with Crippen LogP contribution in [0.1, 0.15) is 125 Å². The highest BCUT2D eigenvalue weighted by Crippen LogP contribution is 2.31. The van der Waals surface area contributed by atoms with Crippen LogP contribution < -0.4 is 0 Å². The molecule has 117 heavy (non-hydrogen) atoms. The molecule has 0 aliphatic carbocycles. The average molecular weight is 1700 g/mol. The molecule has 1 N–H and O–H groups in total. The van der Waals surface area contributed by atoms with Crippen molar-refractivity contribution in [3.05, 3.63) is 0 Å². The van der Waals surface area contributed by atoms with E-state index in [0.717, 1.165) is 34.6 Å². The van der Waals surface area contributed by atoms with Gasteiger partial charge in [0.1, 0.15) is 161 Å². The van der Waals surface area contributed by atoms with E-state index in [0.29, 0.717) is 0 Å². The normalized spacial score (nSPS) is 15.4. The first kappa shape index (κ1) is 106. The third-order valence-corrected chi connectivity index (χ3v) is 15.9. The van der Waals surface area contributed by atoms with Crippen molar-refractivity contribution in [2.24, 2.45) is 48.7 Å². The van der Waals surface area contributed by atoms with Crippen LogP contribution in [-0.2, 0) is 171 Å². The lowest BCUT2D eigenvalue weighted by molar-refractivity contribution is -0.165. The molecule has 0 saturated heterocycles. The molecule has 0 rings (SSSR count). The molecule has 0 aliphatic rings. The number of ether oxygens (including phenoxy) is 26. The average Bonchev–Trinajstić information content (AvgIpc) is 0.850. The summed E-state index contributed by atoms with van der Waals surface area (Å²) in [5, 5.41) is 9.73. The van der Waals surface area contributed by atoms with Gasteiger partial charge in [0.15, 0.2) is 0 Å². The van der Waals surface area contributed by atoms with Gasteiger partial charge in [0.25, 0.3) is 6.47 Å². The van der Waals surface area contributed by atoms with Gasteiger partial charge in [0.05, 0.1) is 66.1 Å². The van der Waals surface area contributed by atoms with Crippen molar-refractivity contribution < 1.29 is 215 Å². The topological polar surface area (TPSA) is 567 Å². The van der Waals surface area contributed by atoms with E-state index in [2.05, 4.69) is 4.74 Å². The maximum absolute atomic E-state index is 13.3. The number of carbonyl (C=O) groups is 18. The van der Waals surface area contributed by atoms with Crippen molar-refractivity contribution in [2.45, 2.75) is 125 Å². The summed E-state index contributed by atoms with van der Waals surface area (Å²) >= 11 is 0. The molecule has 0 aromatic rings. The Kier molecular flexibility index (Phi) is 46.8. The number of esters is 9. The number of rotatable bonds is 54. The second-order valence-electron chi connectivity index (χ2n) is 27.7. The summed E-state index contributed by atoms with van der Waals surface area (Å²) in [6.45, 7) is 6.14. The molecule has 9 unspecified atom stereocenters. The van der Waals surface area contributed by atoms with E-state index in [1.54, 1.807) is 0 Å². The third kappa shape index (κ3) is 36.7. The lowest BCUT2D eigenvalue weighted by Gasteiger charge is -2.29. The Morgan fingerprint density at radius 3 is 0.393 bits per heavy atom.